The lowest BCUT2D eigenvalue weighted by Crippen LogP contribution is -2.42. The average molecular weight is 378 g/mol. The van der Waals surface area contributed by atoms with Crippen molar-refractivity contribution in [2.24, 2.45) is 4.99 Å². The van der Waals surface area contributed by atoms with Gasteiger partial charge in [0.15, 0.2) is 11.5 Å². The molecule has 1 atom stereocenters. The highest BCUT2D eigenvalue weighted by Crippen LogP contribution is 2.29. The minimum Gasteiger partial charge on any atom is -0.487 e. The van der Waals surface area contributed by atoms with Gasteiger partial charge in [-0.3, -0.25) is 4.99 Å². The number of fused-ring (bicyclic) bond motifs is 1. The molecule has 0 aliphatic carbocycles. The molecule has 1 aromatic rings. The quantitative estimate of drug-likeness (QED) is 0.684. The van der Waals surface area contributed by atoms with Gasteiger partial charge >= 0.3 is 0 Å². The smallest absolute Gasteiger partial charge is 0.252 e. The minimum atomic E-state index is -1.36. The van der Waals surface area contributed by atoms with E-state index in [9.17, 15) is 5.26 Å². The van der Waals surface area contributed by atoms with Crippen LogP contribution in [-0.2, 0) is 18.9 Å². The molecule has 27 heavy (non-hydrogen) atoms. The molecule has 0 saturated carbocycles. The van der Waals surface area contributed by atoms with Crippen LogP contribution in [-0.4, -0.2) is 78.3 Å². The maximum absolute atomic E-state index is 9.70. The Kier molecular flexibility index (Phi) is 9.58. The number of ether oxygens (including phenoxy) is 6. The second-order valence-corrected chi connectivity index (χ2v) is 5.68. The van der Waals surface area contributed by atoms with Gasteiger partial charge in [0.1, 0.15) is 19.3 Å². The molecule has 1 aromatic carbocycles. The van der Waals surface area contributed by atoms with E-state index in [2.05, 4.69) is 11.1 Å². The van der Waals surface area contributed by atoms with Crippen molar-refractivity contribution in [3.05, 3.63) is 24.3 Å². The van der Waals surface area contributed by atoms with E-state index in [-0.39, 0.29) is 6.61 Å². The molecule has 0 fully saturated rings. The van der Waals surface area contributed by atoms with Gasteiger partial charge in [0.05, 0.1) is 52.5 Å². The molecule has 1 aliphatic rings. The molecular weight excluding hydrogens is 352 g/mol. The van der Waals surface area contributed by atoms with Gasteiger partial charge in [-0.25, -0.2) is 0 Å². The van der Waals surface area contributed by atoms with Gasteiger partial charge in [0, 0.05) is 7.05 Å². The van der Waals surface area contributed by atoms with Crippen LogP contribution in [0.25, 0.3) is 0 Å². The van der Waals surface area contributed by atoms with E-state index in [1.807, 2.05) is 12.1 Å². The van der Waals surface area contributed by atoms with E-state index >= 15 is 0 Å². The van der Waals surface area contributed by atoms with Gasteiger partial charge in [0.25, 0.3) is 5.60 Å². The van der Waals surface area contributed by atoms with E-state index in [1.165, 1.54) is 6.21 Å². The van der Waals surface area contributed by atoms with E-state index in [1.54, 1.807) is 19.2 Å². The summed E-state index contributed by atoms with van der Waals surface area (Å²) in [7, 11) is 1.58. The number of nitrogens with zero attached hydrogens (tertiary/aromatic N) is 2. The summed E-state index contributed by atoms with van der Waals surface area (Å²) in [6.45, 7) is 3.43. The molecular formula is C19H26N2O6. The number of aliphatic imine (C=N–C) groups is 1. The molecule has 0 aromatic heterocycles. The van der Waals surface area contributed by atoms with Crippen molar-refractivity contribution in [3.8, 4) is 17.6 Å². The van der Waals surface area contributed by atoms with Gasteiger partial charge in [-0.2, -0.15) is 5.26 Å². The molecule has 0 bridgehead atoms. The van der Waals surface area contributed by atoms with Crippen molar-refractivity contribution >= 4 is 6.21 Å². The van der Waals surface area contributed by atoms with Crippen molar-refractivity contribution in [2.75, 3.05) is 66.5 Å². The molecule has 1 heterocycles. The third kappa shape index (κ3) is 7.53. The topological polar surface area (TPSA) is 91.5 Å². The average Bonchev–Trinajstić information content (AvgIpc) is 2.68. The van der Waals surface area contributed by atoms with Crippen LogP contribution in [0, 0.1) is 11.3 Å². The van der Waals surface area contributed by atoms with Gasteiger partial charge in [-0.15, -0.1) is 0 Å². The first-order valence-corrected chi connectivity index (χ1v) is 8.86. The Labute approximate surface area is 159 Å². The zero-order valence-corrected chi connectivity index (χ0v) is 15.6. The van der Waals surface area contributed by atoms with E-state index in [0.29, 0.717) is 64.4 Å². The number of nitriles is 1. The van der Waals surface area contributed by atoms with Crippen LogP contribution in [0.4, 0.5) is 0 Å². The predicted molar refractivity (Wildman–Crippen MR) is 98.6 cm³/mol. The van der Waals surface area contributed by atoms with Crippen LogP contribution in [0.2, 0.25) is 0 Å². The Morgan fingerprint density at radius 2 is 1.44 bits per heavy atom. The van der Waals surface area contributed by atoms with E-state index in [4.69, 9.17) is 28.4 Å². The Bertz CT molecular complexity index is 618. The lowest BCUT2D eigenvalue weighted by molar-refractivity contribution is -0.0175. The SMILES string of the molecule is C/N=C\C1(C#N)COCCOCCOCCOCCOc2ccccc2O1. The first-order chi connectivity index (χ1) is 13.3. The Morgan fingerprint density at radius 1 is 0.889 bits per heavy atom. The molecule has 148 valence electrons. The highest BCUT2D eigenvalue weighted by molar-refractivity contribution is 5.74. The molecule has 8 heteroatoms. The second-order valence-electron chi connectivity index (χ2n) is 5.68. The highest BCUT2D eigenvalue weighted by Gasteiger charge is 2.32. The summed E-state index contributed by atoms with van der Waals surface area (Å²) in [4.78, 5) is 3.97. The summed E-state index contributed by atoms with van der Waals surface area (Å²) in [6, 6.07) is 9.29. The van der Waals surface area contributed by atoms with Crippen molar-refractivity contribution in [1.82, 2.24) is 0 Å². The highest BCUT2D eigenvalue weighted by atomic mass is 16.6. The van der Waals surface area contributed by atoms with Crippen LogP contribution in [0.15, 0.2) is 29.3 Å². The first-order valence-electron chi connectivity index (χ1n) is 8.86. The largest absolute Gasteiger partial charge is 0.487 e. The summed E-state index contributed by atoms with van der Waals surface area (Å²) < 4.78 is 33.6. The molecule has 0 spiro atoms. The fourth-order valence-corrected chi connectivity index (χ4v) is 2.33. The van der Waals surface area contributed by atoms with Crippen LogP contribution < -0.4 is 9.47 Å². The number of rotatable bonds is 1. The number of para-hydroxylation sites is 2. The Balaban J connectivity index is 2.11. The summed E-state index contributed by atoms with van der Waals surface area (Å²) in [5.74, 6) is 0.953. The zero-order chi connectivity index (χ0) is 19.2. The maximum atomic E-state index is 9.70. The van der Waals surface area contributed by atoms with Crippen molar-refractivity contribution in [3.63, 3.8) is 0 Å². The fraction of sp³-hybridized carbons (Fsp3) is 0.579. The van der Waals surface area contributed by atoms with Crippen LogP contribution in [0.5, 0.6) is 11.5 Å². The Morgan fingerprint density at radius 3 is 2.04 bits per heavy atom. The maximum Gasteiger partial charge on any atom is 0.252 e. The van der Waals surface area contributed by atoms with Crippen LogP contribution >= 0.6 is 0 Å². The number of hydrogen-bond donors (Lipinski definition) is 0. The second kappa shape index (κ2) is 12.3. The lowest BCUT2D eigenvalue weighted by atomic mass is 10.1. The first kappa shape index (κ1) is 21.1. The van der Waals surface area contributed by atoms with Crippen molar-refractivity contribution in [2.45, 2.75) is 5.60 Å². The third-order valence-electron chi connectivity index (χ3n) is 3.59. The molecule has 8 nitrogen and oxygen atoms in total. The summed E-state index contributed by atoms with van der Waals surface area (Å²) in [5, 5.41) is 9.70. The van der Waals surface area contributed by atoms with Gasteiger partial charge < -0.3 is 28.4 Å². The van der Waals surface area contributed by atoms with Crippen LogP contribution in [0.1, 0.15) is 0 Å². The third-order valence-corrected chi connectivity index (χ3v) is 3.59. The van der Waals surface area contributed by atoms with Crippen molar-refractivity contribution < 1.29 is 28.4 Å². The standard InChI is InChI=1S/C19H26N2O6/c1-21-15-19(14-20)16-25-11-10-23-7-6-22-8-9-24-12-13-26-17-4-2-3-5-18(17)27-19/h2-5,15H,6-13,16H2,1H3/b21-15-. The molecule has 0 radical (unpaired) electrons. The summed E-state index contributed by atoms with van der Waals surface area (Å²) in [6.07, 6.45) is 1.43. The molecule has 0 N–H and O–H groups in total. The van der Waals surface area contributed by atoms with Gasteiger partial charge in [-0.1, -0.05) is 12.1 Å². The minimum absolute atomic E-state index is 0.0120. The van der Waals surface area contributed by atoms with E-state index < -0.39 is 5.60 Å². The monoisotopic (exact) mass is 378 g/mol. The van der Waals surface area contributed by atoms with Gasteiger partial charge in [0.2, 0.25) is 0 Å². The lowest BCUT2D eigenvalue weighted by Gasteiger charge is -2.25. The summed E-state index contributed by atoms with van der Waals surface area (Å²) in [5.41, 5.74) is -1.36. The van der Waals surface area contributed by atoms with E-state index in [0.717, 1.165) is 0 Å². The van der Waals surface area contributed by atoms with Crippen LogP contribution in [0.3, 0.4) is 0 Å². The fourth-order valence-electron chi connectivity index (χ4n) is 2.33. The molecule has 0 amide bonds. The summed E-state index contributed by atoms with van der Waals surface area (Å²) >= 11 is 0. The number of hydrogen-bond acceptors (Lipinski definition) is 8. The van der Waals surface area contributed by atoms with Gasteiger partial charge in [-0.05, 0) is 12.1 Å². The molecule has 2 rings (SSSR count). The number of benzene rings is 1. The zero-order valence-electron chi connectivity index (χ0n) is 15.6. The molecule has 1 unspecified atom stereocenters. The normalized spacial score (nSPS) is 23.9. The van der Waals surface area contributed by atoms with Crippen molar-refractivity contribution in [1.29, 1.82) is 5.26 Å². The molecule has 1 aliphatic heterocycles. The molecule has 0 saturated heterocycles. The predicted octanol–water partition coefficient (Wildman–Crippen LogP) is 1.49. The Hall–Kier alpha value is -2.18.